The molecule has 0 aliphatic rings. The zero-order chi connectivity index (χ0) is 25.6. The van der Waals surface area contributed by atoms with E-state index in [1.54, 1.807) is 0 Å². The molecule has 1 heterocycles. The number of tetrazole rings is 1. The third-order valence-corrected chi connectivity index (χ3v) is 7.37. The Hall–Kier alpha value is -2.86. The first kappa shape index (κ1) is 26.7. The molecule has 3 rings (SSSR count). The zero-order valence-corrected chi connectivity index (χ0v) is 22.3. The average molecular weight is 476 g/mol. The van der Waals surface area contributed by atoms with Crippen molar-refractivity contribution in [2.45, 2.75) is 85.8 Å². The van der Waals surface area contributed by atoms with Crippen molar-refractivity contribution in [3.05, 3.63) is 54.1 Å². The first-order chi connectivity index (χ1) is 16.6. The maximum absolute atomic E-state index is 11.6. The Labute approximate surface area is 210 Å². The first-order valence-electron chi connectivity index (χ1n) is 12.8. The first-order valence-corrected chi connectivity index (χ1v) is 12.8. The number of aliphatic imine (C=N–C) groups is 1. The lowest BCUT2D eigenvalue weighted by molar-refractivity contribution is 0.0641. The van der Waals surface area contributed by atoms with Crippen molar-refractivity contribution in [3.8, 4) is 22.5 Å². The highest BCUT2D eigenvalue weighted by Crippen LogP contribution is 2.34. The Morgan fingerprint density at radius 2 is 1.63 bits per heavy atom. The molecule has 0 amide bonds. The Morgan fingerprint density at radius 1 is 0.971 bits per heavy atom. The minimum absolute atomic E-state index is 0.146. The lowest BCUT2D eigenvalue weighted by atomic mass is 9.80. The lowest BCUT2D eigenvalue weighted by Crippen LogP contribution is -2.29. The molecule has 0 fully saturated rings. The molecule has 2 N–H and O–H groups in total. The van der Waals surface area contributed by atoms with Gasteiger partial charge in [-0.3, -0.25) is 4.99 Å². The van der Waals surface area contributed by atoms with E-state index in [0.717, 1.165) is 47.2 Å². The number of H-pyrrole nitrogens is 1. The highest BCUT2D eigenvalue weighted by molar-refractivity contribution is 5.86. The van der Waals surface area contributed by atoms with E-state index in [1.165, 1.54) is 0 Å². The summed E-state index contributed by atoms with van der Waals surface area (Å²) in [6.45, 7) is 15.3. The van der Waals surface area contributed by atoms with Gasteiger partial charge in [0.1, 0.15) is 0 Å². The van der Waals surface area contributed by atoms with Gasteiger partial charge in [-0.2, -0.15) is 5.21 Å². The summed E-state index contributed by atoms with van der Waals surface area (Å²) in [5.41, 5.74) is 4.09. The Kier molecular flexibility index (Phi) is 8.60. The van der Waals surface area contributed by atoms with Crippen LogP contribution in [0, 0.1) is 11.3 Å². The molecule has 2 aromatic carbocycles. The maximum Gasteiger partial charge on any atom is 0.205 e. The lowest BCUT2D eigenvalue weighted by Gasteiger charge is -2.30. The van der Waals surface area contributed by atoms with Crippen LogP contribution in [-0.4, -0.2) is 37.5 Å². The minimum Gasteiger partial charge on any atom is -0.385 e. The molecular weight excluding hydrogens is 434 g/mol. The van der Waals surface area contributed by atoms with Crippen LogP contribution in [0.4, 0.5) is 0 Å². The van der Waals surface area contributed by atoms with Crippen molar-refractivity contribution in [3.63, 3.8) is 0 Å². The second kappa shape index (κ2) is 11.3. The molecule has 0 aliphatic heterocycles. The van der Waals surface area contributed by atoms with Crippen LogP contribution in [0.25, 0.3) is 22.5 Å². The number of nitrogens with one attached hydrogen (secondary N) is 1. The largest absolute Gasteiger partial charge is 0.385 e. The number of hydrogen-bond acceptors (Lipinski definition) is 5. The van der Waals surface area contributed by atoms with Gasteiger partial charge in [0.25, 0.3) is 0 Å². The van der Waals surface area contributed by atoms with Crippen LogP contribution in [0.2, 0.25) is 0 Å². The summed E-state index contributed by atoms with van der Waals surface area (Å²) in [6, 6.07) is 16.4. The molecule has 0 aliphatic carbocycles. The molecule has 0 bridgehead atoms. The normalized spacial score (nSPS) is 16.1. The van der Waals surface area contributed by atoms with Crippen molar-refractivity contribution in [2.75, 3.05) is 0 Å². The summed E-state index contributed by atoms with van der Waals surface area (Å²) >= 11 is 0. The van der Waals surface area contributed by atoms with Crippen molar-refractivity contribution in [1.29, 1.82) is 0 Å². The summed E-state index contributed by atoms with van der Waals surface area (Å²) in [7, 11) is 0. The van der Waals surface area contributed by atoms with Crippen molar-refractivity contribution in [1.82, 2.24) is 20.6 Å². The molecule has 188 valence electrons. The molecule has 1 aromatic heterocycles. The van der Waals surface area contributed by atoms with Crippen molar-refractivity contribution < 1.29 is 5.11 Å². The molecule has 3 unspecified atom stereocenters. The molecule has 0 saturated heterocycles. The van der Waals surface area contributed by atoms with E-state index in [-0.39, 0.29) is 11.5 Å². The number of aromatic nitrogens is 4. The standard InChI is InChI=1S/C29H41N5O/c1-8-20(3)21(4)30-24(18-28(5,6)9-2)19-29(7,35)23-16-14-22(15-17-23)25-12-10-11-13-26(25)27-31-33-34-32-27/h10-17,20-21,35H,8-9,18-19H2,1-7H3,(H,31,32,33,34). The van der Waals surface area contributed by atoms with E-state index in [4.69, 9.17) is 4.99 Å². The summed E-state index contributed by atoms with van der Waals surface area (Å²) in [5, 5.41) is 26.1. The molecule has 0 saturated carbocycles. The van der Waals surface area contributed by atoms with Crippen molar-refractivity contribution in [2.24, 2.45) is 16.3 Å². The summed E-state index contributed by atoms with van der Waals surface area (Å²) in [4.78, 5) is 5.13. The van der Waals surface area contributed by atoms with Crippen LogP contribution in [0.3, 0.4) is 0 Å². The van der Waals surface area contributed by atoms with E-state index in [9.17, 15) is 5.11 Å². The SMILES string of the molecule is CCC(C)C(C)N=C(CC(C)(C)CC)CC(C)(O)c1ccc(-c2ccccc2-c2nn[nH]n2)cc1. The van der Waals surface area contributed by atoms with Crippen LogP contribution in [-0.2, 0) is 5.60 Å². The fourth-order valence-electron chi connectivity index (χ4n) is 4.30. The van der Waals surface area contributed by atoms with Gasteiger partial charge in [0.2, 0.25) is 5.82 Å². The second-order valence-corrected chi connectivity index (χ2v) is 10.8. The van der Waals surface area contributed by atoms with Crippen LogP contribution in [0.1, 0.15) is 79.7 Å². The second-order valence-electron chi connectivity index (χ2n) is 10.8. The molecule has 3 aromatic rings. The predicted octanol–water partition coefficient (Wildman–Crippen LogP) is 6.83. The Balaban J connectivity index is 1.88. The highest BCUT2D eigenvalue weighted by atomic mass is 16.3. The molecule has 0 radical (unpaired) electrons. The van der Waals surface area contributed by atoms with Gasteiger partial charge in [0, 0.05) is 23.7 Å². The van der Waals surface area contributed by atoms with E-state index >= 15 is 0 Å². The molecule has 35 heavy (non-hydrogen) atoms. The van der Waals surface area contributed by atoms with E-state index in [0.29, 0.717) is 18.2 Å². The number of benzene rings is 2. The number of aliphatic hydroxyl groups is 1. The maximum atomic E-state index is 11.6. The monoisotopic (exact) mass is 475 g/mol. The van der Waals surface area contributed by atoms with Crippen LogP contribution < -0.4 is 0 Å². The van der Waals surface area contributed by atoms with Crippen LogP contribution >= 0.6 is 0 Å². The third-order valence-electron chi connectivity index (χ3n) is 7.37. The fraction of sp³-hybridized carbons (Fsp3) is 0.517. The van der Waals surface area contributed by atoms with Gasteiger partial charge in [0.05, 0.1) is 5.60 Å². The van der Waals surface area contributed by atoms with Gasteiger partial charge < -0.3 is 5.11 Å². The van der Waals surface area contributed by atoms with Gasteiger partial charge in [-0.05, 0) is 53.5 Å². The number of rotatable bonds is 11. The topological polar surface area (TPSA) is 87.0 Å². The summed E-state index contributed by atoms with van der Waals surface area (Å²) < 4.78 is 0. The smallest absolute Gasteiger partial charge is 0.205 e. The highest BCUT2D eigenvalue weighted by Gasteiger charge is 2.29. The molecule has 3 atom stereocenters. The Bertz CT molecular complexity index is 1100. The van der Waals surface area contributed by atoms with Crippen molar-refractivity contribution >= 4 is 5.71 Å². The minimum atomic E-state index is -1.01. The summed E-state index contributed by atoms with van der Waals surface area (Å²) in [6.07, 6.45) is 3.57. The van der Waals surface area contributed by atoms with E-state index in [2.05, 4.69) is 74.3 Å². The summed E-state index contributed by atoms with van der Waals surface area (Å²) in [5.74, 6) is 1.07. The number of aromatic amines is 1. The Morgan fingerprint density at radius 3 is 2.20 bits per heavy atom. The van der Waals surface area contributed by atoms with E-state index < -0.39 is 5.60 Å². The van der Waals surface area contributed by atoms with E-state index in [1.807, 2.05) is 43.3 Å². The molecule has 0 spiro atoms. The quantitative estimate of drug-likeness (QED) is 0.297. The van der Waals surface area contributed by atoms with Crippen LogP contribution in [0.15, 0.2) is 53.5 Å². The van der Waals surface area contributed by atoms with Gasteiger partial charge in [-0.25, -0.2) is 0 Å². The fourth-order valence-corrected chi connectivity index (χ4v) is 4.30. The van der Waals surface area contributed by atoms with Gasteiger partial charge in [-0.1, -0.05) is 96.0 Å². The van der Waals surface area contributed by atoms with Crippen LogP contribution in [0.5, 0.6) is 0 Å². The molecule has 6 nitrogen and oxygen atoms in total. The van der Waals surface area contributed by atoms with Gasteiger partial charge in [0.15, 0.2) is 0 Å². The number of hydrogen-bond donors (Lipinski definition) is 2. The van der Waals surface area contributed by atoms with Gasteiger partial charge in [-0.15, -0.1) is 10.2 Å². The third kappa shape index (κ3) is 6.85. The zero-order valence-electron chi connectivity index (χ0n) is 22.3. The average Bonchev–Trinajstić information content (AvgIpc) is 3.38. The van der Waals surface area contributed by atoms with Gasteiger partial charge >= 0.3 is 0 Å². The predicted molar refractivity (Wildman–Crippen MR) is 144 cm³/mol. The molecular formula is C29H41N5O. The molecule has 6 heteroatoms. The number of nitrogens with zero attached hydrogens (tertiary/aromatic N) is 4.